The predicted octanol–water partition coefficient (Wildman–Crippen LogP) is 3.54. The van der Waals surface area contributed by atoms with Crippen LogP contribution in [0.5, 0.6) is 0 Å². The van der Waals surface area contributed by atoms with Crippen LogP contribution >= 0.6 is 11.8 Å². The first kappa shape index (κ1) is 26.8. The number of anilines is 1. The summed E-state index contributed by atoms with van der Waals surface area (Å²) in [6.45, 7) is 2.76. The molecule has 1 aliphatic rings. The number of rotatable bonds is 9. The van der Waals surface area contributed by atoms with E-state index in [4.69, 9.17) is 14.2 Å². The summed E-state index contributed by atoms with van der Waals surface area (Å²) in [6.07, 6.45) is 0.475. The molecule has 0 bridgehead atoms. The van der Waals surface area contributed by atoms with Crippen molar-refractivity contribution in [2.24, 2.45) is 7.05 Å². The molecule has 0 saturated carbocycles. The summed E-state index contributed by atoms with van der Waals surface area (Å²) in [7, 11) is 1.90. The van der Waals surface area contributed by atoms with Crippen molar-refractivity contribution in [1.82, 2.24) is 14.8 Å². The normalized spacial score (nSPS) is 20.3. The molecule has 1 aliphatic heterocycles. The number of aliphatic hydroxyl groups excluding tert-OH is 1. The molecule has 1 fully saturated rings. The Bertz CT molecular complexity index is 1200. The lowest BCUT2D eigenvalue weighted by atomic mass is 10.0. The van der Waals surface area contributed by atoms with Gasteiger partial charge in [-0.15, -0.1) is 10.2 Å². The lowest BCUT2D eigenvalue weighted by Crippen LogP contribution is -2.31. The predicted molar refractivity (Wildman–Crippen MR) is 136 cm³/mol. The molecule has 2 aromatic carbocycles. The number of ether oxygens (including phenoxy) is 3. The van der Waals surface area contributed by atoms with Gasteiger partial charge >= 0.3 is 5.97 Å². The van der Waals surface area contributed by atoms with Crippen molar-refractivity contribution < 1.29 is 28.9 Å². The average molecular weight is 527 g/mol. The fourth-order valence-electron chi connectivity index (χ4n) is 3.86. The summed E-state index contributed by atoms with van der Waals surface area (Å²) in [5, 5.41) is 21.0. The number of nitrogens with one attached hydrogen (secondary N) is 1. The quantitative estimate of drug-likeness (QED) is 0.318. The fraction of sp³-hybridized carbons (Fsp3) is 0.385. The van der Waals surface area contributed by atoms with E-state index in [0.717, 1.165) is 21.8 Å². The van der Waals surface area contributed by atoms with Gasteiger partial charge in [-0.1, -0.05) is 48.2 Å². The van der Waals surface area contributed by atoms with Crippen LogP contribution in [0.3, 0.4) is 0 Å². The molecule has 2 heterocycles. The number of hydrogen-bond donors (Lipinski definition) is 2. The van der Waals surface area contributed by atoms with E-state index in [2.05, 4.69) is 15.5 Å². The highest BCUT2D eigenvalue weighted by molar-refractivity contribution is 7.99. The third-order valence-electron chi connectivity index (χ3n) is 5.85. The van der Waals surface area contributed by atoms with Gasteiger partial charge in [-0.25, -0.2) is 0 Å². The van der Waals surface area contributed by atoms with Gasteiger partial charge in [0.25, 0.3) is 5.91 Å². The maximum Gasteiger partial charge on any atom is 0.303 e. The average Bonchev–Trinajstić information content (AvgIpc) is 3.31. The van der Waals surface area contributed by atoms with E-state index < -0.39 is 24.3 Å². The lowest BCUT2D eigenvalue weighted by Gasteiger charge is -2.36. The highest BCUT2D eigenvalue weighted by Gasteiger charge is 2.32. The minimum absolute atomic E-state index is 0.0168. The van der Waals surface area contributed by atoms with Crippen LogP contribution in [-0.4, -0.2) is 49.7 Å². The summed E-state index contributed by atoms with van der Waals surface area (Å²) < 4.78 is 19.5. The highest BCUT2D eigenvalue weighted by Crippen LogP contribution is 2.39. The number of benzene rings is 2. The SMILES string of the molecule is CC(=O)O[C@@H](C)C(=O)Nc1ccc([C@H]2O[C@@H](CSc3nncn3C)C[C@@H](c3ccc(CO)cc3)O2)cc1. The molecule has 37 heavy (non-hydrogen) atoms. The number of aryl methyl sites for hydroxylation is 1. The number of esters is 1. The van der Waals surface area contributed by atoms with Gasteiger partial charge in [0.1, 0.15) is 6.33 Å². The Morgan fingerprint density at radius 2 is 1.86 bits per heavy atom. The van der Waals surface area contributed by atoms with Gasteiger partial charge in [0.15, 0.2) is 17.6 Å². The van der Waals surface area contributed by atoms with Crippen molar-refractivity contribution in [2.45, 2.75) is 56.6 Å². The van der Waals surface area contributed by atoms with Crippen molar-refractivity contribution in [3.05, 3.63) is 71.5 Å². The van der Waals surface area contributed by atoms with Crippen LogP contribution in [0.2, 0.25) is 0 Å². The largest absolute Gasteiger partial charge is 0.453 e. The zero-order valence-electron chi connectivity index (χ0n) is 20.9. The van der Waals surface area contributed by atoms with Gasteiger partial charge < -0.3 is 29.2 Å². The zero-order chi connectivity index (χ0) is 26.4. The third-order valence-corrected chi connectivity index (χ3v) is 7.01. The number of aliphatic hydroxyl groups is 1. The molecular weight excluding hydrogens is 496 g/mol. The summed E-state index contributed by atoms with van der Waals surface area (Å²) in [5.74, 6) is -0.266. The Labute approximate surface area is 219 Å². The van der Waals surface area contributed by atoms with E-state index in [1.54, 1.807) is 30.2 Å². The smallest absolute Gasteiger partial charge is 0.303 e. The number of nitrogens with zero attached hydrogens (tertiary/aromatic N) is 3. The molecule has 0 unspecified atom stereocenters. The van der Waals surface area contributed by atoms with Crippen molar-refractivity contribution >= 4 is 29.3 Å². The minimum Gasteiger partial charge on any atom is -0.453 e. The summed E-state index contributed by atoms with van der Waals surface area (Å²) >= 11 is 1.57. The van der Waals surface area contributed by atoms with Crippen LogP contribution < -0.4 is 5.32 Å². The molecule has 0 aliphatic carbocycles. The maximum atomic E-state index is 12.2. The first-order chi connectivity index (χ1) is 17.8. The molecule has 0 radical (unpaired) electrons. The van der Waals surface area contributed by atoms with E-state index in [1.807, 2.05) is 48.0 Å². The molecule has 3 aromatic rings. The van der Waals surface area contributed by atoms with Crippen LogP contribution in [0.4, 0.5) is 5.69 Å². The summed E-state index contributed by atoms with van der Waals surface area (Å²) in [4.78, 5) is 23.3. The Morgan fingerprint density at radius 1 is 1.16 bits per heavy atom. The maximum absolute atomic E-state index is 12.2. The molecule has 4 atom stereocenters. The zero-order valence-corrected chi connectivity index (χ0v) is 21.7. The van der Waals surface area contributed by atoms with Gasteiger partial charge in [-0.05, 0) is 30.2 Å². The molecule has 1 saturated heterocycles. The molecular formula is C26H30N4O6S. The molecule has 4 rings (SSSR count). The Morgan fingerprint density at radius 3 is 2.49 bits per heavy atom. The van der Waals surface area contributed by atoms with Crippen LogP contribution in [-0.2, 0) is 37.5 Å². The van der Waals surface area contributed by atoms with Crippen molar-refractivity contribution in [3.8, 4) is 0 Å². The van der Waals surface area contributed by atoms with E-state index >= 15 is 0 Å². The summed E-state index contributed by atoms with van der Waals surface area (Å²) in [6, 6.07) is 14.9. The second-order valence-corrected chi connectivity index (χ2v) is 9.74. The standard InChI is InChI=1S/C26H30N4O6S/c1-16(34-17(2)32)24(33)28-21-10-8-20(9-11-21)25-35-22(14-37-26-29-27-15-30(26)3)12-23(36-25)19-6-4-18(13-31)5-7-19/h4-11,15-16,22-23,25,31H,12-14H2,1-3H3,(H,28,33)/t16-,22+,23-,25-/m0/s1. The van der Waals surface area contributed by atoms with Crippen LogP contribution in [0.15, 0.2) is 60.0 Å². The van der Waals surface area contributed by atoms with Crippen LogP contribution in [0, 0.1) is 0 Å². The van der Waals surface area contributed by atoms with Crippen molar-refractivity contribution in [1.29, 1.82) is 0 Å². The Hall–Kier alpha value is -3.25. The summed E-state index contributed by atoms with van der Waals surface area (Å²) in [5.41, 5.74) is 3.20. The Balaban J connectivity index is 1.47. The van der Waals surface area contributed by atoms with E-state index in [9.17, 15) is 14.7 Å². The number of carbonyl (C=O) groups is 2. The molecule has 196 valence electrons. The first-order valence-electron chi connectivity index (χ1n) is 11.9. The van der Waals surface area contributed by atoms with E-state index in [0.29, 0.717) is 17.9 Å². The highest BCUT2D eigenvalue weighted by atomic mass is 32.2. The van der Waals surface area contributed by atoms with Crippen molar-refractivity contribution in [2.75, 3.05) is 11.1 Å². The fourth-order valence-corrected chi connectivity index (χ4v) is 4.77. The van der Waals surface area contributed by atoms with E-state index in [1.165, 1.54) is 13.8 Å². The first-order valence-corrected chi connectivity index (χ1v) is 12.9. The van der Waals surface area contributed by atoms with Gasteiger partial charge in [0.05, 0.1) is 18.8 Å². The van der Waals surface area contributed by atoms with Crippen LogP contribution in [0.1, 0.15) is 49.4 Å². The number of amides is 1. The van der Waals surface area contributed by atoms with Gasteiger partial charge in [-0.2, -0.15) is 0 Å². The van der Waals surface area contributed by atoms with Crippen LogP contribution in [0.25, 0.3) is 0 Å². The number of hydrogen-bond acceptors (Lipinski definition) is 9. The molecule has 10 nitrogen and oxygen atoms in total. The second kappa shape index (κ2) is 12.3. The van der Waals surface area contributed by atoms with Gasteiger partial charge in [0.2, 0.25) is 0 Å². The van der Waals surface area contributed by atoms with E-state index in [-0.39, 0.29) is 18.8 Å². The van der Waals surface area contributed by atoms with Gasteiger partial charge in [-0.3, -0.25) is 9.59 Å². The monoisotopic (exact) mass is 526 g/mol. The molecule has 1 aromatic heterocycles. The number of thioether (sulfide) groups is 1. The molecule has 0 spiro atoms. The Kier molecular flexibility index (Phi) is 8.93. The minimum atomic E-state index is -0.896. The number of carbonyl (C=O) groups excluding carboxylic acids is 2. The third kappa shape index (κ3) is 7.16. The second-order valence-electron chi connectivity index (χ2n) is 8.75. The molecule has 11 heteroatoms. The number of aromatic nitrogens is 3. The lowest BCUT2D eigenvalue weighted by molar-refractivity contribution is -0.245. The molecule has 2 N–H and O–H groups in total. The van der Waals surface area contributed by atoms with Crippen molar-refractivity contribution in [3.63, 3.8) is 0 Å². The topological polar surface area (TPSA) is 125 Å². The van der Waals surface area contributed by atoms with Gasteiger partial charge in [0, 0.05) is 37.4 Å². The molecule has 1 amide bonds.